The first-order chi connectivity index (χ1) is 10.6. The van der Waals surface area contributed by atoms with Gasteiger partial charge in [0, 0.05) is 37.9 Å². The van der Waals surface area contributed by atoms with E-state index in [4.69, 9.17) is 0 Å². The van der Waals surface area contributed by atoms with Gasteiger partial charge >= 0.3 is 0 Å². The minimum atomic E-state index is 0. The molecule has 6 heteroatoms. The first-order valence-electron chi connectivity index (χ1n) is 7.59. The lowest BCUT2D eigenvalue weighted by Crippen LogP contribution is -2.44. The minimum absolute atomic E-state index is 0. The van der Waals surface area contributed by atoms with Gasteiger partial charge in [-0.15, -0.1) is 24.0 Å². The Morgan fingerprint density at radius 1 is 1.17 bits per heavy atom. The van der Waals surface area contributed by atoms with E-state index >= 15 is 0 Å². The zero-order chi connectivity index (χ0) is 15.8. The Morgan fingerprint density at radius 3 is 2.52 bits per heavy atom. The quantitative estimate of drug-likeness (QED) is 0.424. The molecule has 5 nitrogen and oxygen atoms in total. The van der Waals surface area contributed by atoms with E-state index < -0.39 is 0 Å². The second-order valence-electron chi connectivity index (χ2n) is 5.87. The molecule has 0 amide bonds. The number of guanidine groups is 1. The van der Waals surface area contributed by atoms with Crippen molar-refractivity contribution in [3.05, 3.63) is 54.4 Å². The van der Waals surface area contributed by atoms with Crippen molar-refractivity contribution in [1.82, 2.24) is 20.4 Å². The van der Waals surface area contributed by atoms with Crippen molar-refractivity contribution in [2.75, 3.05) is 20.1 Å². The van der Waals surface area contributed by atoms with Crippen LogP contribution in [-0.2, 0) is 12.0 Å². The molecule has 0 saturated heterocycles. The van der Waals surface area contributed by atoms with Crippen molar-refractivity contribution >= 4 is 29.9 Å². The van der Waals surface area contributed by atoms with E-state index in [2.05, 4.69) is 58.8 Å². The number of nitrogens with one attached hydrogen (secondary N) is 2. The van der Waals surface area contributed by atoms with Crippen molar-refractivity contribution in [2.24, 2.45) is 4.99 Å². The van der Waals surface area contributed by atoms with Gasteiger partial charge in [-0.1, -0.05) is 44.2 Å². The molecule has 0 atom stereocenters. The molecule has 0 radical (unpaired) electrons. The summed E-state index contributed by atoms with van der Waals surface area (Å²) < 4.78 is 1.90. The molecule has 1 heterocycles. The molecule has 0 fully saturated rings. The van der Waals surface area contributed by atoms with Gasteiger partial charge in [-0.05, 0) is 11.6 Å². The van der Waals surface area contributed by atoms with E-state index in [1.807, 2.05) is 23.0 Å². The second kappa shape index (κ2) is 9.54. The van der Waals surface area contributed by atoms with Crippen molar-refractivity contribution in [3.8, 4) is 0 Å². The van der Waals surface area contributed by atoms with Gasteiger partial charge in [0.1, 0.15) is 0 Å². The van der Waals surface area contributed by atoms with Gasteiger partial charge in [0.25, 0.3) is 0 Å². The topological polar surface area (TPSA) is 54.2 Å². The van der Waals surface area contributed by atoms with Crippen LogP contribution in [0.4, 0.5) is 0 Å². The van der Waals surface area contributed by atoms with E-state index in [9.17, 15) is 0 Å². The molecule has 23 heavy (non-hydrogen) atoms. The molecule has 0 bridgehead atoms. The van der Waals surface area contributed by atoms with Gasteiger partial charge in [-0.2, -0.15) is 5.10 Å². The van der Waals surface area contributed by atoms with Crippen molar-refractivity contribution < 1.29 is 0 Å². The predicted molar refractivity (Wildman–Crippen MR) is 106 cm³/mol. The molecule has 0 aliphatic rings. The zero-order valence-corrected chi connectivity index (χ0v) is 16.3. The van der Waals surface area contributed by atoms with Crippen molar-refractivity contribution in [1.29, 1.82) is 0 Å². The standard InChI is InChI=1S/C17H25N5.HI/c1-17(2,15-8-5-4-6-9-15)14-20-16(18-3)19-11-13-22-12-7-10-21-22;/h4-10,12H,11,13-14H2,1-3H3,(H2,18,19,20);1H. The molecular weight excluding hydrogens is 401 g/mol. The minimum Gasteiger partial charge on any atom is -0.356 e. The van der Waals surface area contributed by atoms with Gasteiger partial charge in [-0.3, -0.25) is 9.67 Å². The van der Waals surface area contributed by atoms with Gasteiger partial charge in [-0.25, -0.2) is 0 Å². The lowest BCUT2D eigenvalue weighted by molar-refractivity contribution is 0.506. The molecule has 0 aliphatic carbocycles. The number of hydrogen-bond acceptors (Lipinski definition) is 2. The predicted octanol–water partition coefficient (Wildman–Crippen LogP) is 2.64. The van der Waals surface area contributed by atoms with Crippen LogP contribution in [0.5, 0.6) is 0 Å². The summed E-state index contributed by atoms with van der Waals surface area (Å²) >= 11 is 0. The SMILES string of the molecule is CN=C(NCCn1cccn1)NCC(C)(C)c1ccccc1.I. The molecular formula is C17H26IN5. The fourth-order valence-corrected chi connectivity index (χ4v) is 2.24. The molecule has 1 aromatic carbocycles. The third-order valence-corrected chi connectivity index (χ3v) is 3.67. The van der Waals surface area contributed by atoms with Crippen LogP contribution in [-0.4, -0.2) is 35.9 Å². The fourth-order valence-electron chi connectivity index (χ4n) is 2.24. The summed E-state index contributed by atoms with van der Waals surface area (Å²) in [5.74, 6) is 0.816. The molecule has 0 saturated carbocycles. The monoisotopic (exact) mass is 427 g/mol. The van der Waals surface area contributed by atoms with E-state index in [1.54, 1.807) is 13.2 Å². The molecule has 126 valence electrons. The van der Waals surface area contributed by atoms with Crippen LogP contribution in [0, 0.1) is 0 Å². The van der Waals surface area contributed by atoms with Gasteiger partial charge in [0.05, 0.1) is 6.54 Å². The zero-order valence-electron chi connectivity index (χ0n) is 14.0. The molecule has 2 N–H and O–H groups in total. The summed E-state index contributed by atoms with van der Waals surface area (Å²) in [6.07, 6.45) is 3.74. The van der Waals surface area contributed by atoms with E-state index in [0.29, 0.717) is 0 Å². The number of nitrogens with zero attached hydrogens (tertiary/aromatic N) is 3. The van der Waals surface area contributed by atoms with Crippen LogP contribution >= 0.6 is 24.0 Å². The van der Waals surface area contributed by atoms with Crippen LogP contribution in [0.3, 0.4) is 0 Å². The average Bonchev–Trinajstić information content (AvgIpc) is 3.05. The Kier molecular flexibility index (Phi) is 8.08. The molecule has 0 unspecified atom stereocenters. The number of benzene rings is 1. The third kappa shape index (κ3) is 6.21. The highest BCUT2D eigenvalue weighted by atomic mass is 127. The summed E-state index contributed by atoms with van der Waals surface area (Å²) in [5, 5.41) is 10.9. The summed E-state index contributed by atoms with van der Waals surface area (Å²) in [7, 11) is 1.79. The average molecular weight is 427 g/mol. The summed E-state index contributed by atoms with van der Waals surface area (Å²) in [6.45, 7) is 6.88. The molecule has 0 aliphatic heterocycles. The Morgan fingerprint density at radius 2 is 1.91 bits per heavy atom. The van der Waals surface area contributed by atoms with Gasteiger partial charge in [0.2, 0.25) is 0 Å². The summed E-state index contributed by atoms with van der Waals surface area (Å²) in [5.41, 5.74) is 1.36. The summed E-state index contributed by atoms with van der Waals surface area (Å²) in [4.78, 5) is 4.27. The number of aromatic nitrogens is 2. The lowest BCUT2D eigenvalue weighted by atomic mass is 9.85. The Hall–Kier alpha value is -1.57. The number of aliphatic imine (C=N–C) groups is 1. The molecule has 2 rings (SSSR count). The first kappa shape index (κ1) is 19.5. The number of hydrogen-bond donors (Lipinski definition) is 2. The van der Waals surface area contributed by atoms with E-state index in [0.717, 1.165) is 25.6 Å². The van der Waals surface area contributed by atoms with Gasteiger partial charge < -0.3 is 10.6 Å². The van der Waals surface area contributed by atoms with E-state index in [-0.39, 0.29) is 29.4 Å². The van der Waals surface area contributed by atoms with Crippen LogP contribution in [0.15, 0.2) is 53.8 Å². The highest BCUT2D eigenvalue weighted by Crippen LogP contribution is 2.21. The van der Waals surface area contributed by atoms with Crippen LogP contribution in [0.25, 0.3) is 0 Å². The second-order valence-corrected chi connectivity index (χ2v) is 5.87. The lowest BCUT2D eigenvalue weighted by Gasteiger charge is -2.26. The Bertz CT molecular complexity index is 578. The van der Waals surface area contributed by atoms with Gasteiger partial charge in [0.15, 0.2) is 5.96 Å². The third-order valence-electron chi connectivity index (χ3n) is 3.67. The highest BCUT2D eigenvalue weighted by molar-refractivity contribution is 14.0. The molecule has 2 aromatic rings. The summed E-state index contributed by atoms with van der Waals surface area (Å²) in [6, 6.07) is 12.5. The van der Waals surface area contributed by atoms with Crippen LogP contribution in [0.1, 0.15) is 19.4 Å². The largest absolute Gasteiger partial charge is 0.356 e. The maximum Gasteiger partial charge on any atom is 0.191 e. The first-order valence-corrected chi connectivity index (χ1v) is 7.59. The van der Waals surface area contributed by atoms with E-state index in [1.165, 1.54) is 5.56 Å². The maximum absolute atomic E-state index is 4.27. The number of rotatable bonds is 6. The smallest absolute Gasteiger partial charge is 0.191 e. The van der Waals surface area contributed by atoms with Crippen LogP contribution in [0.2, 0.25) is 0 Å². The molecule has 0 spiro atoms. The fraction of sp³-hybridized carbons (Fsp3) is 0.412. The Labute approximate surface area is 155 Å². The van der Waals surface area contributed by atoms with Crippen molar-refractivity contribution in [2.45, 2.75) is 25.8 Å². The normalized spacial score (nSPS) is 11.7. The van der Waals surface area contributed by atoms with Crippen LogP contribution < -0.4 is 10.6 Å². The highest BCUT2D eigenvalue weighted by Gasteiger charge is 2.20. The molecule has 1 aromatic heterocycles. The Balaban J connectivity index is 0.00000264. The van der Waals surface area contributed by atoms with Crippen molar-refractivity contribution in [3.63, 3.8) is 0 Å². The maximum atomic E-state index is 4.27. The number of halogens is 1.